The van der Waals surface area contributed by atoms with E-state index in [2.05, 4.69) is 24.8 Å². The molecule has 1 amide bonds. The first-order valence-corrected chi connectivity index (χ1v) is 9.94. The smallest absolute Gasteiger partial charge is 0.225 e. The zero-order valence-corrected chi connectivity index (χ0v) is 16.3. The summed E-state index contributed by atoms with van der Waals surface area (Å²) in [6.45, 7) is 10.2. The van der Waals surface area contributed by atoms with Gasteiger partial charge >= 0.3 is 0 Å². The van der Waals surface area contributed by atoms with Crippen molar-refractivity contribution in [3.8, 4) is 5.75 Å². The van der Waals surface area contributed by atoms with Crippen LogP contribution in [0.15, 0.2) is 24.3 Å². The van der Waals surface area contributed by atoms with Gasteiger partial charge in [-0.2, -0.15) is 0 Å². The van der Waals surface area contributed by atoms with E-state index in [0.717, 1.165) is 37.2 Å². The molecule has 1 heterocycles. The summed E-state index contributed by atoms with van der Waals surface area (Å²) < 4.78 is 11.6. The maximum absolute atomic E-state index is 13.0. The average molecular weight is 360 g/mol. The zero-order valence-electron chi connectivity index (χ0n) is 16.3. The number of hydrogen-bond acceptors (Lipinski definition) is 4. The Hall–Kier alpha value is -1.59. The molecule has 5 heteroatoms. The summed E-state index contributed by atoms with van der Waals surface area (Å²) in [7, 11) is 0. The molecule has 2 aliphatic rings. The fraction of sp³-hybridized carbons (Fsp3) is 0.667. The topological polar surface area (TPSA) is 42.0 Å². The Kier molecular flexibility index (Phi) is 6.54. The number of morpholine rings is 1. The first kappa shape index (κ1) is 19.2. The van der Waals surface area contributed by atoms with Crippen LogP contribution in [-0.4, -0.2) is 60.2 Å². The number of carbonyl (C=O) groups is 1. The van der Waals surface area contributed by atoms with Gasteiger partial charge in [-0.15, -0.1) is 0 Å². The number of nitrogens with zero attached hydrogens (tertiary/aromatic N) is 2. The first-order valence-electron chi connectivity index (χ1n) is 9.94. The summed E-state index contributed by atoms with van der Waals surface area (Å²) in [6.07, 6.45) is 2.68. The molecule has 0 N–H and O–H groups in total. The Morgan fingerprint density at radius 3 is 2.81 bits per heavy atom. The van der Waals surface area contributed by atoms with Crippen LogP contribution in [0.2, 0.25) is 0 Å². The summed E-state index contributed by atoms with van der Waals surface area (Å²) in [4.78, 5) is 17.5. The number of para-hydroxylation sites is 1. The minimum atomic E-state index is 0.00188. The lowest BCUT2D eigenvalue weighted by Gasteiger charge is -2.36. The predicted octanol–water partition coefficient (Wildman–Crippen LogP) is 3.08. The van der Waals surface area contributed by atoms with Crippen LogP contribution < -0.4 is 4.74 Å². The van der Waals surface area contributed by atoms with Crippen molar-refractivity contribution in [1.29, 1.82) is 0 Å². The molecule has 0 spiro atoms. The van der Waals surface area contributed by atoms with Crippen LogP contribution >= 0.6 is 0 Å². The van der Waals surface area contributed by atoms with Crippen molar-refractivity contribution < 1.29 is 14.3 Å². The Labute approximate surface area is 157 Å². The molecule has 5 nitrogen and oxygen atoms in total. The standard InChI is InChI=1S/C21H32N2O3/c1-4-25-20-8-6-5-7-17(20)14-23(18-9-10-18)21(24)13-19-15-22(16(2)3)11-12-26-19/h5-8,16,18-19H,4,9-15H2,1-3H3/t19-/m0/s1. The van der Waals surface area contributed by atoms with Crippen LogP contribution in [0.25, 0.3) is 0 Å². The normalized spacial score (nSPS) is 21.0. The van der Waals surface area contributed by atoms with Crippen molar-refractivity contribution in [1.82, 2.24) is 9.80 Å². The van der Waals surface area contributed by atoms with E-state index in [1.165, 1.54) is 0 Å². The van der Waals surface area contributed by atoms with E-state index >= 15 is 0 Å². The molecule has 1 saturated carbocycles. The van der Waals surface area contributed by atoms with Crippen LogP contribution in [0.1, 0.15) is 45.6 Å². The molecule has 1 saturated heterocycles. The van der Waals surface area contributed by atoms with E-state index in [1.807, 2.05) is 30.0 Å². The van der Waals surface area contributed by atoms with Crippen molar-refractivity contribution in [2.45, 2.75) is 64.8 Å². The monoisotopic (exact) mass is 360 g/mol. The summed E-state index contributed by atoms with van der Waals surface area (Å²) in [6, 6.07) is 8.91. The molecule has 1 atom stereocenters. The highest BCUT2D eigenvalue weighted by molar-refractivity contribution is 5.77. The summed E-state index contributed by atoms with van der Waals surface area (Å²) in [5.74, 6) is 1.09. The number of rotatable bonds is 8. The van der Waals surface area contributed by atoms with Gasteiger partial charge in [0.25, 0.3) is 0 Å². The van der Waals surface area contributed by atoms with Gasteiger partial charge in [-0.3, -0.25) is 9.69 Å². The second kappa shape index (κ2) is 8.87. The SMILES string of the molecule is CCOc1ccccc1CN(C(=O)C[C@H]1CN(C(C)C)CCO1)C1CC1. The van der Waals surface area contributed by atoms with Crippen LogP contribution in [0.4, 0.5) is 0 Å². The summed E-state index contributed by atoms with van der Waals surface area (Å²) >= 11 is 0. The molecule has 0 bridgehead atoms. The molecule has 1 aromatic carbocycles. The zero-order chi connectivity index (χ0) is 18.5. The Balaban J connectivity index is 1.64. The molecular weight excluding hydrogens is 328 g/mol. The Morgan fingerprint density at radius 2 is 2.12 bits per heavy atom. The lowest BCUT2D eigenvalue weighted by atomic mass is 10.1. The molecule has 0 aromatic heterocycles. The van der Waals surface area contributed by atoms with Gasteiger partial charge in [0.1, 0.15) is 5.75 Å². The lowest BCUT2D eigenvalue weighted by Crippen LogP contribution is -2.47. The van der Waals surface area contributed by atoms with E-state index < -0.39 is 0 Å². The van der Waals surface area contributed by atoms with Crippen molar-refractivity contribution >= 4 is 5.91 Å². The number of hydrogen-bond donors (Lipinski definition) is 0. The Morgan fingerprint density at radius 1 is 1.35 bits per heavy atom. The van der Waals surface area contributed by atoms with Gasteiger partial charge in [-0.05, 0) is 39.7 Å². The number of ether oxygens (including phenoxy) is 2. The second-order valence-electron chi connectivity index (χ2n) is 7.58. The van der Waals surface area contributed by atoms with Crippen LogP contribution in [0.3, 0.4) is 0 Å². The van der Waals surface area contributed by atoms with Gasteiger partial charge < -0.3 is 14.4 Å². The average Bonchev–Trinajstić information content (AvgIpc) is 3.46. The molecular formula is C21H32N2O3. The molecule has 1 aliphatic heterocycles. The highest BCUT2D eigenvalue weighted by atomic mass is 16.5. The number of carbonyl (C=O) groups excluding carboxylic acids is 1. The molecule has 3 rings (SSSR count). The van der Waals surface area contributed by atoms with Gasteiger partial charge in [0.2, 0.25) is 5.91 Å². The second-order valence-corrected chi connectivity index (χ2v) is 7.58. The van der Waals surface area contributed by atoms with Crippen LogP contribution in [-0.2, 0) is 16.1 Å². The molecule has 144 valence electrons. The third-order valence-electron chi connectivity index (χ3n) is 5.22. The van der Waals surface area contributed by atoms with Gasteiger partial charge in [-0.25, -0.2) is 0 Å². The molecule has 26 heavy (non-hydrogen) atoms. The quantitative estimate of drug-likeness (QED) is 0.714. The molecule has 1 aliphatic carbocycles. The molecule has 2 fully saturated rings. The largest absolute Gasteiger partial charge is 0.494 e. The van der Waals surface area contributed by atoms with E-state index in [9.17, 15) is 4.79 Å². The van der Waals surface area contributed by atoms with Crippen molar-refractivity contribution in [3.05, 3.63) is 29.8 Å². The summed E-state index contributed by atoms with van der Waals surface area (Å²) in [5.41, 5.74) is 1.09. The van der Waals surface area contributed by atoms with E-state index in [1.54, 1.807) is 0 Å². The maximum Gasteiger partial charge on any atom is 0.225 e. The lowest BCUT2D eigenvalue weighted by molar-refractivity contribution is -0.137. The van der Waals surface area contributed by atoms with Gasteiger partial charge in [0, 0.05) is 37.3 Å². The highest BCUT2D eigenvalue weighted by Crippen LogP contribution is 2.31. The van der Waals surface area contributed by atoms with Crippen molar-refractivity contribution in [2.75, 3.05) is 26.3 Å². The Bertz CT molecular complexity index is 601. The van der Waals surface area contributed by atoms with Crippen molar-refractivity contribution in [3.63, 3.8) is 0 Å². The third-order valence-corrected chi connectivity index (χ3v) is 5.22. The van der Waals surface area contributed by atoms with Gasteiger partial charge in [0.15, 0.2) is 0 Å². The molecule has 0 unspecified atom stereocenters. The maximum atomic E-state index is 13.0. The van der Waals surface area contributed by atoms with Crippen molar-refractivity contribution in [2.24, 2.45) is 0 Å². The predicted molar refractivity (Wildman–Crippen MR) is 102 cm³/mol. The minimum Gasteiger partial charge on any atom is -0.494 e. The van der Waals surface area contributed by atoms with E-state index in [-0.39, 0.29) is 12.0 Å². The summed E-state index contributed by atoms with van der Waals surface area (Å²) in [5, 5.41) is 0. The molecule has 0 radical (unpaired) electrons. The van der Waals surface area contributed by atoms with E-state index in [0.29, 0.717) is 38.3 Å². The third kappa shape index (κ3) is 4.98. The fourth-order valence-electron chi connectivity index (χ4n) is 3.57. The van der Waals surface area contributed by atoms with Crippen LogP contribution in [0.5, 0.6) is 5.75 Å². The van der Waals surface area contributed by atoms with Crippen LogP contribution in [0, 0.1) is 0 Å². The molecule has 1 aromatic rings. The fourth-order valence-corrected chi connectivity index (χ4v) is 3.57. The van der Waals surface area contributed by atoms with Gasteiger partial charge in [-0.1, -0.05) is 18.2 Å². The van der Waals surface area contributed by atoms with Gasteiger partial charge in [0.05, 0.1) is 25.7 Å². The highest BCUT2D eigenvalue weighted by Gasteiger charge is 2.35. The number of amides is 1. The first-order chi connectivity index (χ1) is 12.6. The van der Waals surface area contributed by atoms with E-state index in [4.69, 9.17) is 9.47 Å². The minimum absolute atomic E-state index is 0.00188. The number of benzene rings is 1.